The van der Waals surface area contributed by atoms with Crippen molar-refractivity contribution in [3.63, 3.8) is 0 Å². The molecule has 0 aliphatic heterocycles. The van der Waals surface area contributed by atoms with Crippen molar-refractivity contribution in [3.05, 3.63) is 45.4 Å². The molecule has 0 spiro atoms. The van der Waals surface area contributed by atoms with Gasteiger partial charge in [0.2, 0.25) is 23.1 Å². The molecule has 2 unspecified atom stereocenters. The summed E-state index contributed by atoms with van der Waals surface area (Å²) in [6, 6.07) is 1.34. The van der Waals surface area contributed by atoms with Gasteiger partial charge in [0, 0.05) is 17.5 Å². The molecule has 0 aromatic heterocycles. The number of aliphatic hydroxyl groups is 2. The number of fused-ring (bicyclic) bond motifs is 3. The molecule has 9 heteroatoms. The lowest BCUT2D eigenvalue weighted by atomic mass is 9.84. The van der Waals surface area contributed by atoms with Gasteiger partial charge in [0.15, 0.2) is 0 Å². The van der Waals surface area contributed by atoms with Gasteiger partial charge in [-0.2, -0.15) is 0 Å². The number of benzene rings is 1. The van der Waals surface area contributed by atoms with E-state index in [1.807, 2.05) is 0 Å². The second-order valence-electron chi connectivity index (χ2n) is 5.90. The Kier molecular flexibility index (Phi) is 4.43. The molecule has 9 nitrogen and oxygen atoms in total. The molecule has 0 saturated carbocycles. The summed E-state index contributed by atoms with van der Waals surface area (Å²) in [4.78, 5) is 36.5. The second-order valence-corrected chi connectivity index (χ2v) is 5.90. The average molecular weight is 363 g/mol. The lowest BCUT2D eigenvalue weighted by Gasteiger charge is -2.23. The Morgan fingerprint density at radius 1 is 1.19 bits per heavy atom. The van der Waals surface area contributed by atoms with Crippen molar-refractivity contribution in [2.45, 2.75) is 25.2 Å². The number of carbonyl (C=O) groups excluding carboxylic acids is 3. The number of ketones is 2. The molecular formula is C17H17NO8. The van der Waals surface area contributed by atoms with Gasteiger partial charge >= 0.3 is 6.09 Å². The van der Waals surface area contributed by atoms with E-state index in [2.05, 4.69) is 0 Å². The quantitative estimate of drug-likeness (QED) is 0.683. The summed E-state index contributed by atoms with van der Waals surface area (Å²) in [5.41, 5.74) is 5.88. The van der Waals surface area contributed by atoms with Crippen LogP contribution in [0.1, 0.15) is 43.5 Å². The van der Waals surface area contributed by atoms with Crippen molar-refractivity contribution in [1.82, 2.24) is 0 Å². The fraction of sp³-hybridized carbons (Fsp3) is 0.353. The van der Waals surface area contributed by atoms with E-state index in [1.54, 1.807) is 0 Å². The lowest BCUT2D eigenvalue weighted by molar-refractivity contribution is 0.0315. The first-order valence-corrected chi connectivity index (χ1v) is 7.70. The molecule has 2 aliphatic rings. The van der Waals surface area contributed by atoms with Gasteiger partial charge in [-0.05, 0) is 22.8 Å². The molecule has 4 N–H and O–H groups in total. The third-order valence-corrected chi connectivity index (χ3v) is 4.50. The summed E-state index contributed by atoms with van der Waals surface area (Å²) in [6.45, 7) is -0.320. The van der Waals surface area contributed by atoms with E-state index in [0.717, 1.165) is 0 Å². The lowest BCUT2D eigenvalue weighted by Crippen LogP contribution is -2.26. The third kappa shape index (κ3) is 2.52. The van der Waals surface area contributed by atoms with E-state index in [4.69, 9.17) is 19.9 Å². The first-order chi connectivity index (χ1) is 12.3. The zero-order valence-corrected chi connectivity index (χ0v) is 14.1. The number of primary amides is 1. The normalized spacial score (nSPS) is 21.4. The van der Waals surface area contributed by atoms with Crippen molar-refractivity contribution < 1.29 is 38.8 Å². The molecule has 0 heterocycles. The van der Waals surface area contributed by atoms with Crippen LogP contribution in [-0.4, -0.2) is 48.2 Å². The molecule has 0 radical (unpaired) electrons. The summed E-state index contributed by atoms with van der Waals surface area (Å²) in [5.74, 6) is -1.66. The predicted molar refractivity (Wildman–Crippen MR) is 85.2 cm³/mol. The minimum Gasteiger partial charge on any atom is -0.489 e. The third-order valence-electron chi connectivity index (χ3n) is 4.50. The maximum Gasteiger partial charge on any atom is 0.404 e. The topological polar surface area (TPSA) is 145 Å². The van der Waals surface area contributed by atoms with Gasteiger partial charge < -0.3 is 30.2 Å². The Labute approximate surface area is 147 Å². The highest BCUT2D eigenvalue weighted by Crippen LogP contribution is 2.41. The van der Waals surface area contributed by atoms with E-state index in [1.165, 1.54) is 20.3 Å². The number of hydrogen-bond acceptors (Lipinski definition) is 8. The first kappa shape index (κ1) is 17.9. The number of allylic oxidation sites excluding steroid dienone is 2. The number of methoxy groups -OCH3 is 2. The summed E-state index contributed by atoms with van der Waals surface area (Å²) in [5, 5.41) is 20.3. The number of carbonyl (C=O) groups is 3. The van der Waals surface area contributed by atoms with Crippen LogP contribution in [0.4, 0.5) is 4.79 Å². The number of hydrogen-bond donors (Lipinski definition) is 3. The van der Waals surface area contributed by atoms with Gasteiger partial charge in [-0.1, -0.05) is 0 Å². The molecule has 1 aromatic rings. The Bertz CT molecular complexity index is 857. The van der Waals surface area contributed by atoms with Crippen LogP contribution in [0.25, 0.3) is 0 Å². The monoisotopic (exact) mass is 363 g/mol. The van der Waals surface area contributed by atoms with E-state index >= 15 is 0 Å². The largest absolute Gasteiger partial charge is 0.489 e. The molecule has 3 rings (SSSR count). The number of ether oxygens (including phenoxy) is 3. The van der Waals surface area contributed by atoms with Crippen LogP contribution >= 0.6 is 0 Å². The van der Waals surface area contributed by atoms with Gasteiger partial charge in [-0.3, -0.25) is 9.59 Å². The van der Waals surface area contributed by atoms with Crippen LogP contribution in [0.15, 0.2) is 17.6 Å². The minimum absolute atomic E-state index is 0.0239. The van der Waals surface area contributed by atoms with Crippen molar-refractivity contribution in [1.29, 1.82) is 0 Å². The molecule has 2 aliphatic carbocycles. The van der Waals surface area contributed by atoms with Crippen LogP contribution in [-0.2, 0) is 27.2 Å². The number of amides is 1. The number of Topliss-reactive ketones (excluding diaryl/α,β-unsaturated/α-hetero) is 2. The summed E-state index contributed by atoms with van der Waals surface area (Å²) in [6.07, 6.45) is -3.53. The Balaban J connectivity index is 2.25. The van der Waals surface area contributed by atoms with E-state index in [9.17, 15) is 24.6 Å². The van der Waals surface area contributed by atoms with Crippen LogP contribution in [0, 0.1) is 0 Å². The van der Waals surface area contributed by atoms with Crippen molar-refractivity contribution in [3.8, 4) is 0 Å². The molecule has 1 aromatic carbocycles. The molecular weight excluding hydrogens is 346 g/mol. The van der Waals surface area contributed by atoms with Crippen LogP contribution in [0.5, 0.6) is 0 Å². The number of rotatable bonds is 4. The Morgan fingerprint density at radius 3 is 2.38 bits per heavy atom. The van der Waals surface area contributed by atoms with Crippen molar-refractivity contribution >= 4 is 17.7 Å². The van der Waals surface area contributed by atoms with E-state index < -0.39 is 29.9 Å². The molecule has 0 saturated heterocycles. The first-order valence-electron chi connectivity index (χ1n) is 7.70. The van der Waals surface area contributed by atoms with Crippen molar-refractivity contribution in [2.24, 2.45) is 5.73 Å². The standard InChI is InChI=1S/C17H17NO8/c1-24-15-12(20)8-3-6(5-26-17(18)23)10-7(4-9(19)13(10)21)11(8)14(22)16(15)25-2/h3,9,13,19,21H,4-5H2,1-2H3,(H2,18,23). The summed E-state index contributed by atoms with van der Waals surface area (Å²) >= 11 is 0. The van der Waals surface area contributed by atoms with Gasteiger partial charge in [0.1, 0.15) is 12.7 Å². The van der Waals surface area contributed by atoms with Gasteiger partial charge in [-0.15, -0.1) is 0 Å². The highest BCUT2D eigenvalue weighted by atomic mass is 16.5. The highest BCUT2D eigenvalue weighted by molar-refractivity contribution is 6.26. The summed E-state index contributed by atoms with van der Waals surface area (Å²) in [7, 11) is 2.48. The average Bonchev–Trinajstić information content (AvgIpc) is 2.90. The molecule has 26 heavy (non-hydrogen) atoms. The molecule has 0 bridgehead atoms. The second kappa shape index (κ2) is 6.43. The van der Waals surface area contributed by atoms with E-state index in [-0.39, 0.29) is 46.8 Å². The van der Waals surface area contributed by atoms with E-state index in [0.29, 0.717) is 5.56 Å². The SMILES string of the molecule is COC1=C(OC)C(=O)c2c(cc(COC(N)=O)c3c2CC(O)C3O)C1=O. The zero-order valence-electron chi connectivity index (χ0n) is 14.1. The van der Waals surface area contributed by atoms with Gasteiger partial charge in [0.05, 0.1) is 20.3 Å². The Hall–Kier alpha value is -2.91. The van der Waals surface area contributed by atoms with Crippen molar-refractivity contribution in [2.75, 3.05) is 14.2 Å². The smallest absolute Gasteiger partial charge is 0.404 e. The van der Waals surface area contributed by atoms with Crippen LogP contribution in [0.3, 0.4) is 0 Å². The van der Waals surface area contributed by atoms with Crippen LogP contribution < -0.4 is 5.73 Å². The van der Waals surface area contributed by atoms with Gasteiger partial charge in [-0.25, -0.2) is 4.79 Å². The Morgan fingerprint density at radius 2 is 1.81 bits per heavy atom. The fourth-order valence-electron chi connectivity index (χ4n) is 3.43. The van der Waals surface area contributed by atoms with Crippen LogP contribution in [0.2, 0.25) is 0 Å². The zero-order chi connectivity index (χ0) is 19.2. The minimum atomic E-state index is -1.29. The molecule has 0 fully saturated rings. The molecule has 138 valence electrons. The number of aliphatic hydroxyl groups excluding tert-OH is 2. The highest BCUT2D eigenvalue weighted by Gasteiger charge is 2.42. The van der Waals surface area contributed by atoms with Gasteiger partial charge in [0.25, 0.3) is 0 Å². The summed E-state index contributed by atoms with van der Waals surface area (Å²) < 4.78 is 14.8. The maximum atomic E-state index is 12.8. The predicted octanol–water partition coefficient (Wildman–Crippen LogP) is 0.116. The fourth-order valence-corrected chi connectivity index (χ4v) is 3.43. The maximum absolute atomic E-state index is 12.8. The molecule has 1 amide bonds. The molecule has 2 atom stereocenters. The number of nitrogens with two attached hydrogens (primary N) is 1.